The lowest BCUT2D eigenvalue weighted by Crippen LogP contribution is -2.34. The van der Waals surface area contributed by atoms with Crippen LogP contribution in [-0.4, -0.2) is 45.2 Å². The molecule has 0 bridgehead atoms. The Bertz CT molecular complexity index is 338. The maximum Gasteiger partial charge on any atom is 0.142 e. The topological polar surface area (TPSA) is 15.7 Å². The number of ether oxygens (including phenoxy) is 1. The highest BCUT2D eigenvalue weighted by atomic mass is 16.5. The minimum Gasteiger partial charge on any atom is -0.490 e. The van der Waals surface area contributed by atoms with Gasteiger partial charge in [-0.25, -0.2) is 0 Å². The van der Waals surface area contributed by atoms with E-state index in [1.807, 2.05) is 12.1 Å². The predicted octanol–water partition coefficient (Wildman–Crippen LogP) is 1.84. The fourth-order valence-corrected chi connectivity index (χ4v) is 2.04. The van der Waals surface area contributed by atoms with E-state index in [9.17, 15) is 0 Å². The molecule has 0 saturated heterocycles. The molecule has 0 unspecified atom stereocenters. The van der Waals surface area contributed by atoms with Crippen molar-refractivity contribution in [3.05, 3.63) is 24.3 Å². The molecule has 2 rings (SSSR count). The monoisotopic (exact) mass is 220 g/mol. The first-order valence-corrected chi connectivity index (χ1v) is 5.89. The molecule has 0 amide bonds. The van der Waals surface area contributed by atoms with Gasteiger partial charge < -0.3 is 14.5 Å². The summed E-state index contributed by atoms with van der Waals surface area (Å²) < 4.78 is 5.63. The Morgan fingerprint density at radius 1 is 1.31 bits per heavy atom. The van der Waals surface area contributed by atoms with Gasteiger partial charge >= 0.3 is 0 Å². The molecule has 1 aromatic carbocycles. The van der Waals surface area contributed by atoms with Gasteiger partial charge in [0.1, 0.15) is 12.4 Å². The van der Waals surface area contributed by atoms with Gasteiger partial charge in [0.2, 0.25) is 0 Å². The van der Waals surface area contributed by atoms with Gasteiger partial charge in [-0.2, -0.15) is 0 Å². The Kier molecular flexibility index (Phi) is 3.67. The van der Waals surface area contributed by atoms with Gasteiger partial charge in [-0.1, -0.05) is 12.1 Å². The number of para-hydroxylation sites is 2. The van der Waals surface area contributed by atoms with Crippen molar-refractivity contribution in [3.63, 3.8) is 0 Å². The fraction of sp³-hybridized carbons (Fsp3) is 0.538. The van der Waals surface area contributed by atoms with Crippen LogP contribution in [0.15, 0.2) is 24.3 Å². The Hall–Kier alpha value is -1.22. The second-order valence-electron chi connectivity index (χ2n) is 4.46. The molecule has 0 aliphatic carbocycles. The summed E-state index contributed by atoms with van der Waals surface area (Å²) >= 11 is 0. The van der Waals surface area contributed by atoms with Crippen molar-refractivity contribution in [1.29, 1.82) is 0 Å². The highest BCUT2D eigenvalue weighted by Crippen LogP contribution is 2.30. The van der Waals surface area contributed by atoms with Crippen LogP contribution < -0.4 is 9.64 Å². The van der Waals surface area contributed by atoms with E-state index in [1.54, 1.807) is 0 Å². The third-order valence-electron chi connectivity index (χ3n) is 2.86. The van der Waals surface area contributed by atoms with Crippen molar-refractivity contribution < 1.29 is 4.74 Å². The summed E-state index contributed by atoms with van der Waals surface area (Å²) in [5.41, 5.74) is 1.24. The van der Waals surface area contributed by atoms with E-state index in [-0.39, 0.29) is 0 Å². The summed E-state index contributed by atoms with van der Waals surface area (Å²) in [6, 6.07) is 8.30. The van der Waals surface area contributed by atoms with Crippen molar-refractivity contribution in [2.45, 2.75) is 6.42 Å². The van der Waals surface area contributed by atoms with Crippen LogP contribution in [-0.2, 0) is 0 Å². The van der Waals surface area contributed by atoms with Crippen LogP contribution in [0.5, 0.6) is 5.75 Å². The molecule has 0 atom stereocenters. The molecule has 0 spiro atoms. The van der Waals surface area contributed by atoms with Gasteiger partial charge in [-0.15, -0.1) is 0 Å². The molecule has 1 aliphatic rings. The standard InChI is InChI=1S/C13H20N2O/c1-14(2)8-5-9-15-10-11-16-13-7-4-3-6-12(13)15/h3-4,6-7H,5,8-11H2,1-2H3. The third-order valence-corrected chi connectivity index (χ3v) is 2.86. The van der Waals surface area contributed by atoms with E-state index in [0.29, 0.717) is 0 Å². The van der Waals surface area contributed by atoms with Gasteiger partial charge in [0.25, 0.3) is 0 Å². The second kappa shape index (κ2) is 5.21. The first-order chi connectivity index (χ1) is 7.77. The molecule has 3 heteroatoms. The number of benzene rings is 1. The lowest BCUT2D eigenvalue weighted by molar-refractivity contribution is 0.305. The van der Waals surface area contributed by atoms with E-state index < -0.39 is 0 Å². The molecule has 1 aromatic rings. The van der Waals surface area contributed by atoms with Crippen LogP contribution in [0.4, 0.5) is 5.69 Å². The SMILES string of the molecule is CN(C)CCCN1CCOc2ccccc21. The van der Waals surface area contributed by atoms with Gasteiger partial charge in [0.05, 0.1) is 12.2 Å². The summed E-state index contributed by atoms with van der Waals surface area (Å²) in [7, 11) is 4.24. The first-order valence-electron chi connectivity index (χ1n) is 5.89. The maximum absolute atomic E-state index is 5.63. The summed E-state index contributed by atoms with van der Waals surface area (Å²) in [4.78, 5) is 4.65. The number of rotatable bonds is 4. The molecule has 0 saturated carbocycles. The highest BCUT2D eigenvalue weighted by Gasteiger charge is 2.16. The molecule has 0 N–H and O–H groups in total. The van der Waals surface area contributed by atoms with E-state index in [2.05, 4.69) is 36.0 Å². The number of hydrogen-bond donors (Lipinski definition) is 0. The average Bonchev–Trinajstić information content (AvgIpc) is 2.29. The fourth-order valence-electron chi connectivity index (χ4n) is 2.04. The zero-order chi connectivity index (χ0) is 11.4. The summed E-state index contributed by atoms with van der Waals surface area (Å²) in [5.74, 6) is 1.03. The lowest BCUT2D eigenvalue weighted by Gasteiger charge is -2.31. The van der Waals surface area contributed by atoms with Crippen molar-refractivity contribution in [2.24, 2.45) is 0 Å². The lowest BCUT2D eigenvalue weighted by atomic mass is 10.2. The van der Waals surface area contributed by atoms with Gasteiger partial charge in [0.15, 0.2) is 0 Å². The van der Waals surface area contributed by atoms with E-state index in [1.165, 1.54) is 12.1 Å². The van der Waals surface area contributed by atoms with Crippen molar-refractivity contribution in [3.8, 4) is 5.75 Å². The minimum absolute atomic E-state index is 0.805. The molecule has 0 radical (unpaired) electrons. The van der Waals surface area contributed by atoms with Crippen LogP contribution in [0, 0.1) is 0 Å². The average molecular weight is 220 g/mol. The number of nitrogens with zero attached hydrogens (tertiary/aromatic N) is 2. The number of fused-ring (bicyclic) bond motifs is 1. The Morgan fingerprint density at radius 2 is 2.12 bits per heavy atom. The molecule has 3 nitrogen and oxygen atoms in total. The summed E-state index contributed by atoms with van der Waals surface area (Å²) in [5, 5.41) is 0. The molecular formula is C13H20N2O. The molecule has 0 aromatic heterocycles. The number of hydrogen-bond acceptors (Lipinski definition) is 3. The maximum atomic E-state index is 5.63. The predicted molar refractivity (Wildman–Crippen MR) is 67.3 cm³/mol. The summed E-state index contributed by atoms with van der Waals surface area (Å²) in [6.07, 6.45) is 1.20. The van der Waals surface area contributed by atoms with E-state index >= 15 is 0 Å². The molecule has 1 aliphatic heterocycles. The molecule has 0 fully saturated rings. The van der Waals surface area contributed by atoms with Gasteiger partial charge in [-0.3, -0.25) is 0 Å². The quantitative estimate of drug-likeness (QED) is 0.770. The highest BCUT2D eigenvalue weighted by molar-refractivity contribution is 5.59. The smallest absolute Gasteiger partial charge is 0.142 e. The molecule has 88 valence electrons. The van der Waals surface area contributed by atoms with Gasteiger partial charge in [0, 0.05) is 6.54 Å². The zero-order valence-corrected chi connectivity index (χ0v) is 10.1. The Labute approximate surface area is 97.6 Å². The van der Waals surface area contributed by atoms with Crippen LogP contribution in [0.1, 0.15) is 6.42 Å². The van der Waals surface area contributed by atoms with Crippen LogP contribution >= 0.6 is 0 Å². The van der Waals surface area contributed by atoms with Crippen molar-refractivity contribution >= 4 is 5.69 Å². The van der Waals surface area contributed by atoms with Crippen molar-refractivity contribution in [2.75, 3.05) is 45.2 Å². The van der Waals surface area contributed by atoms with Crippen LogP contribution in [0.25, 0.3) is 0 Å². The largest absolute Gasteiger partial charge is 0.490 e. The van der Waals surface area contributed by atoms with E-state index in [0.717, 1.165) is 32.0 Å². The zero-order valence-electron chi connectivity index (χ0n) is 10.1. The minimum atomic E-state index is 0.805. The van der Waals surface area contributed by atoms with Crippen molar-refractivity contribution in [1.82, 2.24) is 4.90 Å². The second-order valence-corrected chi connectivity index (χ2v) is 4.46. The Balaban J connectivity index is 1.96. The van der Waals surface area contributed by atoms with Gasteiger partial charge in [-0.05, 0) is 39.2 Å². The molecule has 16 heavy (non-hydrogen) atoms. The summed E-state index contributed by atoms with van der Waals surface area (Å²) in [6.45, 7) is 4.06. The normalized spacial score (nSPS) is 14.8. The Morgan fingerprint density at radius 3 is 2.94 bits per heavy atom. The third kappa shape index (κ3) is 2.67. The molecular weight excluding hydrogens is 200 g/mol. The molecule has 1 heterocycles. The van der Waals surface area contributed by atoms with Crippen LogP contribution in [0.2, 0.25) is 0 Å². The van der Waals surface area contributed by atoms with E-state index in [4.69, 9.17) is 4.74 Å². The van der Waals surface area contributed by atoms with Crippen LogP contribution in [0.3, 0.4) is 0 Å². The first kappa shape index (κ1) is 11.3. The number of anilines is 1.